The zero-order valence-electron chi connectivity index (χ0n) is 38.2. The summed E-state index contributed by atoms with van der Waals surface area (Å²) in [6.45, 7) is 0. The Morgan fingerprint density at radius 1 is 0.286 bits per heavy atom. The van der Waals surface area contributed by atoms with Crippen LogP contribution in [0.4, 0.5) is 0 Å². The summed E-state index contributed by atoms with van der Waals surface area (Å²) in [6.07, 6.45) is 0. The summed E-state index contributed by atoms with van der Waals surface area (Å²) >= 11 is 0. The molecule has 0 bridgehead atoms. The maximum Gasteiger partial charge on any atom is 0.179 e. The predicted octanol–water partition coefficient (Wildman–Crippen LogP) is 14.5. The second kappa shape index (κ2) is 16.1. The first-order chi connectivity index (χ1) is 34.7. The van der Waals surface area contributed by atoms with Gasteiger partial charge in [-0.3, -0.25) is 0 Å². The molecule has 0 spiro atoms. The second-order valence-electron chi connectivity index (χ2n) is 18.4. The lowest BCUT2D eigenvalue weighted by Gasteiger charge is -2.34. The number of aromatic nitrogens is 2. The molecule has 0 saturated heterocycles. The molecule has 0 N–H and O–H groups in total. The number of nitrogens with zero attached hydrogens (tertiary/aromatic N) is 2. The number of furan rings is 1. The van der Waals surface area contributed by atoms with Gasteiger partial charge in [-0.25, -0.2) is 0 Å². The van der Waals surface area contributed by atoms with E-state index in [0.717, 1.165) is 55.5 Å². The molecule has 0 atom stereocenters. The summed E-state index contributed by atoms with van der Waals surface area (Å²) in [6, 6.07) is 98.3. The molecule has 3 nitrogen and oxygen atoms in total. The van der Waals surface area contributed by atoms with E-state index in [1.54, 1.807) is 0 Å². The fourth-order valence-electron chi connectivity index (χ4n) is 11.7. The molecular formula is C66H44N2OSi. The molecule has 4 heteroatoms. The molecular weight excluding hydrogens is 865 g/mol. The number of para-hydroxylation sites is 3. The smallest absolute Gasteiger partial charge is 0.179 e. The Labute approximate surface area is 406 Å². The van der Waals surface area contributed by atoms with E-state index in [9.17, 15) is 0 Å². The highest BCUT2D eigenvalue weighted by atomic mass is 28.3. The molecule has 0 fully saturated rings. The Kier molecular flexibility index (Phi) is 9.23. The predicted molar refractivity (Wildman–Crippen MR) is 297 cm³/mol. The quantitative estimate of drug-likeness (QED) is 0.110. The van der Waals surface area contributed by atoms with Gasteiger partial charge >= 0.3 is 0 Å². The summed E-state index contributed by atoms with van der Waals surface area (Å²) in [7, 11) is -2.79. The van der Waals surface area contributed by atoms with E-state index in [2.05, 4.69) is 270 Å². The van der Waals surface area contributed by atoms with Gasteiger partial charge < -0.3 is 13.6 Å². The van der Waals surface area contributed by atoms with Crippen molar-refractivity contribution >= 4 is 94.4 Å². The largest absolute Gasteiger partial charge is 0.456 e. The molecule has 0 radical (unpaired) electrons. The van der Waals surface area contributed by atoms with Gasteiger partial charge in [0.15, 0.2) is 8.07 Å². The van der Waals surface area contributed by atoms with Gasteiger partial charge in [-0.1, -0.05) is 206 Å². The molecule has 328 valence electrons. The first-order valence-corrected chi connectivity index (χ1v) is 26.1. The van der Waals surface area contributed by atoms with Crippen LogP contribution in [-0.4, -0.2) is 17.2 Å². The molecule has 3 aromatic heterocycles. The first-order valence-electron chi connectivity index (χ1n) is 24.1. The minimum atomic E-state index is -2.79. The van der Waals surface area contributed by atoms with Crippen LogP contribution in [0.2, 0.25) is 0 Å². The van der Waals surface area contributed by atoms with Crippen LogP contribution in [-0.2, 0) is 0 Å². The fraction of sp³-hybridized carbons (Fsp3) is 0. The molecule has 3 heterocycles. The van der Waals surface area contributed by atoms with E-state index < -0.39 is 8.07 Å². The third-order valence-corrected chi connectivity index (χ3v) is 19.4. The van der Waals surface area contributed by atoms with E-state index in [0.29, 0.717) is 0 Å². The van der Waals surface area contributed by atoms with Gasteiger partial charge in [-0.2, -0.15) is 0 Å². The van der Waals surface area contributed by atoms with Crippen LogP contribution < -0.4 is 20.7 Å². The van der Waals surface area contributed by atoms with E-state index in [1.165, 1.54) is 64.5 Å². The minimum Gasteiger partial charge on any atom is -0.456 e. The van der Waals surface area contributed by atoms with Crippen molar-refractivity contribution < 1.29 is 4.42 Å². The molecule has 70 heavy (non-hydrogen) atoms. The Hall–Kier alpha value is -8.96. The summed E-state index contributed by atoms with van der Waals surface area (Å²) < 4.78 is 11.5. The topological polar surface area (TPSA) is 23.0 Å². The van der Waals surface area contributed by atoms with Gasteiger partial charge in [-0.05, 0) is 98.1 Å². The van der Waals surface area contributed by atoms with Crippen LogP contribution in [0.15, 0.2) is 271 Å². The van der Waals surface area contributed by atoms with E-state index in [-0.39, 0.29) is 0 Å². The van der Waals surface area contributed by atoms with Gasteiger partial charge in [0.1, 0.15) is 11.2 Å². The summed E-state index contributed by atoms with van der Waals surface area (Å²) in [5.41, 5.74) is 13.4. The molecule has 0 unspecified atom stereocenters. The summed E-state index contributed by atoms with van der Waals surface area (Å²) in [5.74, 6) is 0. The van der Waals surface area contributed by atoms with Crippen molar-refractivity contribution in [3.8, 4) is 33.6 Å². The molecule has 14 rings (SSSR count). The number of rotatable bonds is 8. The highest BCUT2D eigenvalue weighted by Crippen LogP contribution is 2.44. The molecule has 14 aromatic rings. The molecule has 11 aromatic carbocycles. The van der Waals surface area contributed by atoms with Crippen LogP contribution >= 0.6 is 0 Å². The van der Waals surface area contributed by atoms with Crippen molar-refractivity contribution in [2.24, 2.45) is 0 Å². The lowest BCUT2D eigenvalue weighted by molar-refractivity contribution is 0.669. The maximum absolute atomic E-state index is 6.48. The highest BCUT2D eigenvalue weighted by Gasteiger charge is 2.41. The monoisotopic (exact) mass is 908 g/mol. The van der Waals surface area contributed by atoms with Crippen LogP contribution in [0, 0.1) is 0 Å². The summed E-state index contributed by atoms with van der Waals surface area (Å²) in [4.78, 5) is 0. The zero-order valence-corrected chi connectivity index (χ0v) is 39.2. The van der Waals surface area contributed by atoms with Gasteiger partial charge in [0, 0.05) is 49.3 Å². The van der Waals surface area contributed by atoms with Crippen molar-refractivity contribution in [2.75, 3.05) is 0 Å². The van der Waals surface area contributed by atoms with Crippen molar-refractivity contribution in [3.05, 3.63) is 267 Å². The number of benzene rings is 11. The molecule has 0 aliphatic rings. The maximum atomic E-state index is 6.48. The van der Waals surface area contributed by atoms with E-state index >= 15 is 0 Å². The van der Waals surface area contributed by atoms with Gasteiger partial charge in [-0.15, -0.1) is 0 Å². The van der Waals surface area contributed by atoms with Crippen LogP contribution in [0.25, 0.3) is 99.2 Å². The highest BCUT2D eigenvalue weighted by molar-refractivity contribution is 7.19. The molecule has 0 aliphatic heterocycles. The number of hydrogen-bond donors (Lipinski definition) is 0. The van der Waals surface area contributed by atoms with Gasteiger partial charge in [0.2, 0.25) is 0 Å². The number of hydrogen-bond acceptors (Lipinski definition) is 1. The lowest BCUT2D eigenvalue weighted by atomic mass is 9.96. The van der Waals surface area contributed by atoms with Crippen molar-refractivity contribution in [1.29, 1.82) is 0 Å². The third kappa shape index (κ3) is 6.07. The SMILES string of the molecule is c1ccc(-c2ccc3c(c2)c2cccc(-c4cccc5oc6ccccc6c45)c2n3-c2ccc3c(c2)c2ccccc2n3-c2cccc([Si](c3ccccc3)(c3ccccc3)c3ccccc3)c2)cc1. The average molecular weight is 909 g/mol. The Balaban J connectivity index is 1.02. The van der Waals surface area contributed by atoms with E-state index in [4.69, 9.17) is 4.42 Å². The zero-order chi connectivity index (χ0) is 46.2. The van der Waals surface area contributed by atoms with Gasteiger partial charge in [0.25, 0.3) is 0 Å². The second-order valence-corrected chi connectivity index (χ2v) is 22.2. The third-order valence-electron chi connectivity index (χ3n) is 14.7. The van der Waals surface area contributed by atoms with Gasteiger partial charge in [0.05, 0.1) is 22.1 Å². The standard InChI is InChI=1S/C66H44N2OSi/c1-5-20-45(21-6-1)46-38-40-62-58(42-46)56-34-18-33-55(54-32-19-37-64-65(54)57-31-14-16-36-63(57)69-64)66(56)68(62)48-39-41-61-59(44-48)53-30-13-15-35-60(53)67(61)47-22-17-29-52(43-47)70(49-23-7-2-8-24-49,50-25-9-3-10-26-50)51-27-11-4-12-28-51/h1-44H. The molecule has 0 saturated carbocycles. The first kappa shape index (κ1) is 40.1. The lowest BCUT2D eigenvalue weighted by Crippen LogP contribution is -2.74. The Morgan fingerprint density at radius 2 is 0.800 bits per heavy atom. The van der Waals surface area contributed by atoms with Crippen LogP contribution in [0.3, 0.4) is 0 Å². The molecule has 0 aliphatic carbocycles. The van der Waals surface area contributed by atoms with Crippen molar-refractivity contribution in [2.45, 2.75) is 0 Å². The minimum absolute atomic E-state index is 0.888. The normalized spacial score (nSPS) is 12.0. The van der Waals surface area contributed by atoms with Crippen LogP contribution in [0.1, 0.15) is 0 Å². The molecule has 0 amide bonds. The fourth-order valence-corrected chi connectivity index (χ4v) is 16.5. The Morgan fingerprint density at radius 3 is 1.54 bits per heavy atom. The van der Waals surface area contributed by atoms with E-state index in [1.807, 2.05) is 6.07 Å². The van der Waals surface area contributed by atoms with Crippen molar-refractivity contribution in [1.82, 2.24) is 9.13 Å². The Bertz CT molecular complexity index is 4190. The average Bonchev–Trinajstić information content (AvgIpc) is 4.10. The summed E-state index contributed by atoms with van der Waals surface area (Å²) in [5, 5.41) is 12.5. The number of fused-ring (bicyclic) bond motifs is 9. The van der Waals surface area contributed by atoms with Crippen LogP contribution in [0.5, 0.6) is 0 Å². The van der Waals surface area contributed by atoms with Crippen molar-refractivity contribution in [3.63, 3.8) is 0 Å².